The number of hydrogen-bond acceptors (Lipinski definition) is 5. The maximum Gasteiger partial charge on any atom is 0.254 e. The van der Waals surface area contributed by atoms with E-state index in [4.69, 9.17) is 11.6 Å². The quantitative estimate of drug-likeness (QED) is 0.900. The first-order valence-electron chi connectivity index (χ1n) is 6.21. The van der Waals surface area contributed by atoms with Gasteiger partial charge in [-0.3, -0.25) is 4.79 Å². The van der Waals surface area contributed by atoms with Crippen molar-refractivity contribution in [1.29, 1.82) is 0 Å². The van der Waals surface area contributed by atoms with Crippen LogP contribution < -0.4 is 5.32 Å². The summed E-state index contributed by atoms with van der Waals surface area (Å²) in [5.41, 5.74) is 0.424. The maximum atomic E-state index is 12.5. The number of nitrogens with zero attached hydrogens (tertiary/aromatic N) is 2. The first-order valence-corrected chi connectivity index (χ1v) is 8.84. The number of aryl methyl sites for hydroxylation is 1. The minimum Gasteiger partial charge on any atom is -0.359 e. The minimum atomic E-state index is -3.55. The highest BCUT2D eigenvalue weighted by Gasteiger charge is 2.34. The van der Waals surface area contributed by atoms with E-state index in [-0.39, 0.29) is 20.5 Å². The number of carbonyl (C=O) groups is 1. The van der Waals surface area contributed by atoms with Gasteiger partial charge in [0.05, 0.1) is 5.69 Å². The standard InChI is InChI=1S/C11H16ClN3O3S2/c1-7-10(19-11(12)14-7)20(17,18)15-5-3-8(4-6-15)9(16)13-2/h8H,3-6H2,1-2H3,(H,13,16). The van der Waals surface area contributed by atoms with Gasteiger partial charge in [-0.15, -0.1) is 0 Å². The molecule has 0 radical (unpaired) electrons. The second-order valence-corrected chi connectivity index (χ2v) is 8.35. The Morgan fingerprint density at radius 3 is 2.50 bits per heavy atom. The van der Waals surface area contributed by atoms with E-state index in [1.54, 1.807) is 14.0 Å². The lowest BCUT2D eigenvalue weighted by molar-refractivity contribution is -0.125. The van der Waals surface area contributed by atoms with E-state index >= 15 is 0 Å². The Labute approximate surface area is 127 Å². The second kappa shape index (κ2) is 5.97. The van der Waals surface area contributed by atoms with Gasteiger partial charge in [-0.05, 0) is 19.8 Å². The summed E-state index contributed by atoms with van der Waals surface area (Å²) in [6.07, 6.45) is 1.06. The summed E-state index contributed by atoms with van der Waals surface area (Å²) in [5, 5.41) is 2.60. The number of carbonyl (C=O) groups excluding carboxylic acids is 1. The fraction of sp³-hybridized carbons (Fsp3) is 0.636. The zero-order chi connectivity index (χ0) is 14.9. The number of hydrogen-bond donors (Lipinski definition) is 1. The first-order chi connectivity index (χ1) is 9.36. The van der Waals surface area contributed by atoms with Crippen molar-refractivity contribution >= 4 is 38.9 Å². The van der Waals surface area contributed by atoms with E-state index in [9.17, 15) is 13.2 Å². The van der Waals surface area contributed by atoms with Crippen LogP contribution in [0.25, 0.3) is 0 Å². The Balaban J connectivity index is 2.14. The molecule has 0 atom stereocenters. The summed E-state index contributed by atoms with van der Waals surface area (Å²) < 4.78 is 26.8. The minimum absolute atomic E-state index is 0.0286. The smallest absolute Gasteiger partial charge is 0.254 e. The van der Waals surface area contributed by atoms with Gasteiger partial charge in [-0.2, -0.15) is 4.31 Å². The number of piperidine rings is 1. The number of halogens is 1. The van der Waals surface area contributed by atoms with Crippen LogP contribution in [0.1, 0.15) is 18.5 Å². The van der Waals surface area contributed by atoms with Crippen molar-refractivity contribution in [3.63, 3.8) is 0 Å². The first kappa shape index (κ1) is 15.7. The number of amides is 1. The molecule has 0 aliphatic carbocycles. The molecule has 1 aromatic rings. The van der Waals surface area contributed by atoms with E-state index in [2.05, 4.69) is 10.3 Å². The lowest BCUT2D eigenvalue weighted by Crippen LogP contribution is -2.42. The van der Waals surface area contributed by atoms with E-state index in [1.807, 2.05) is 0 Å². The van der Waals surface area contributed by atoms with Gasteiger partial charge in [0.2, 0.25) is 5.91 Å². The van der Waals surface area contributed by atoms with Crippen LogP contribution in [0.2, 0.25) is 4.47 Å². The second-order valence-electron chi connectivity index (χ2n) is 4.63. The van der Waals surface area contributed by atoms with Crippen molar-refractivity contribution in [2.24, 2.45) is 5.92 Å². The maximum absolute atomic E-state index is 12.5. The lowest BCUT2D eigenvalue weighted by atomic mass is 9.97. The molecule has 2 heterocycles. The fourth-order valence-corrected chi connectivity index (χ4v) is 5.61. The zero-order valence-corrected chi connectivity index (χ0v) is 13.6. The number of thiazole rings is 1. The largest absolute Gasteiger partial charge is 0.359 e. The zero-order valence-electron chi connectivity index (χ0n) is 11.2. The van der Waals surface area contributed by atoms with Gasteiger partial charge in [0, 0.05) is 26.1 Å². The molecule has 9 heteroatoms. The highest BCUT2D eigenvalue weighted by atomic mass is 35.5. The molecule has 1 fully saturated rings. The van der Waals surface area contributed by atoms with Gasteiger partial charge >= 0.3 is 0 Å². The predicted octanol–water partition coefficient (Wildman–Crippen LogP) is 1.25. The van der Waals surface area contributed by atoms with Crippen molar-refractivity contribution < 1.29 is 13.2 Å². The van der Waals surface area contributed by atoms with Gasteiger partial charge < -0.3 is 5.32 Å². The molecule has 0 spiro atoms. The fourth-order valence-electron chi connectivity index (χ4n) is 2.27. The molecule has 1 saturated heterocycles. The van der Waals surface area contributed by atoms with Crippen LogP contribution in [0, 0.1) is 12.8 Å². The van der Waals surface area contributed by atoms with Crippen LogP contribution in [0.4, 0.5) is 0 Å². The molecule has 1 aromatic heterocycles. The Morgan fingerprint density at radius 1 is 1.45 bits per heavy atom. The summed E-state index contributed by atoms with van der Waals surface area (Å²) in [6, 6.07) is 0. The van der Waals surface area contributed by atoms with E-state index in [0.717, 1.165) is 11.3 Å². The van der Waals surface area contributed by atoms with Gasteiger partial charge in [0.15, 0.2) is 8.68 Å². The number of sulfonamides is 1. The molecule has 20 heavy (non-hydrogen) atoms. The Hall–Kier alpha value is -0.700. The molecular formula is C11H16ClN3O3S2. The van der Waals surface area contributed by atoms with Crippen molar-refractivity contribution in [3.8, 4) is 0 Å². The van der Waals surface area contributed by atoms with Crippen LogP contribution in [0.5, 0.6) is 0 Å². The molecular weight excluding hydrogens is 322 g/mol. The average Bonchev–Trinajstić information content (AvgIpc) is 2.77. The topological polar surface area (TPSA) is 79.4 Å². The molecule has 0 bridgehead atoms. The molecule has 0 unspecified atom stereocenters. The van der Waals surface area contributed by atoms with E-state index < -0.39 is 10.0 Å². The van der Waals surface area contributed by atoms with Gasteiger partial charge in [-0.25, -0.2) is 13.4 Å². The molecule has 1 aliphatic heterocycles. The number of aromatic nitrogens is 1. The van der Waals surface area contributed by atoms with Crippen molar-refractivity contribution in [1.82, 2.24) is 14.6 Å². The van der Waals surface area contributed by atoms with Crippen LogP contribution in [0.3, 0.4) is 0 Å². The number of rotatable bonds is 3. The van der Waals surface area contributed by atoms with Crippen molar-refractivity contribution in [3.05, 3.63) is 10.2 Å². The summed E-state index contributed by atoms with van der Waals surface area (Å²) >= 11 is 6.74. The Morgan fingerprint density at radius 2 is 2.05 bits per heavy atom. The molecule has 1 aliphatic rings. The van der Waals surface area contributed by atoms with Crippen molar-refractivity contribution in [2.45, 2.75) is 24.0 Å². The molecule has 6 nitrogen and oxygen atoms in total. The highest BCUT2D eigenvalue weighted by Crippen LogP contribution is 2.31. The predicted molar refractivity (Wildman–Crippen MR) is 77.4 cm³/mol. The van der Waals surface area contributed by atoms with Gasteiger partial charge in [0.25, 0.3) is 10.0 Å². The SMILES string of the molecule is CNC(=O)C1CCN(S(=O)(=O)c2sc(Cl)nc2C)CC1. The third-order valence-electron chi connectivity index (χ3n) is 3.37. The lowest BCUT2D eigenvalue weighted by Gasteiger charge is -2.29. The number of nitrogens with one attached hydrogen (secondary N) is 1. The van der Waals surface area contributed by atoms with E-state index in [1.165, 1.54) is 4.31 Å². The summed E-state index contributed by atoms with van der Waals surface area (Å²) in [6.45, 7) is 2.32. The third kappa shape index (κ3) is 2.98. The van der Waals surface area contributed by atoms with Crippen molar-refractivity contribution in [2.75, 3.05) is 20.1 Å². The molecule has 1 N–H and O–H groups in total. The average molecular weight is 338 g/mol. The third-order valence-corrected chi connectivity index (χ3v) is 7.12. The van der Waals surface area contributed by atoms with Crippen LogP contribution in [-0.4, -0.2) is 43.8 Å². The highest BCUT2D eigenvalue weighted by molar-refractivity contribution is 7.91. The summed E-state index contributed by atoms with van der Waals surface area (Å²) in [5.74, 6) is -0.142. The Kier molecular flexibility index (Phi) is 4.68. The molecule has 112 valence electrons. The van der Waals surface area contributed by atoms with Crippen LogP contribution >= 0.6 is 22.9 Å². The molecule has 2 rings (SSSR count). The molecule has 0 saturated carbocycles. The molecule has 1 amide bonds. The van der Waals surface area contributed by atoms with Gasteiger partial charge in [-0.1, -0.05) is 22.9 Å². The monoisotopic (exact) mass is 337 g/mol. The summed E-state index contributed by atoms with van der Waals surface area (Å²) in [4.78, 5) is 15.5. The Bertz CT molecular complexity index is 606. The van der Waals surface area contributed by atoms with E-state index in [0.29, 0.717) is 31.6 Å². The normalized spacial score (nSPS) is 18.1. The van der Waals surface area contributed by atoms with Crippen LogP contribution in [-0.2, 0) is 14.8 Å². The summed E-state index contributed by atoms with van der Waals surface area (Å²) in [7, 11) is -1.96. The van der Waals surface area contributed by atoms with Gasteiger partial charge in [0.1, 0.15) is 0 Å². The molecule has 0 aromatic carbocycles. The van der Waals surface area contributed by atoms with Crippen LogP contribution in [0.15, 0.2) is 4.21 Å².